The van der Waals surface area contributed by atoms with Gasteiger partial charge < -0.3 is 10.1 Å². The first kappa shape index (κ1) is 13.5. The number of hydrogen-bond acceptors (Lipinski definition) is 4. The second kappa shape index (κ2) is 6.29. The van der Waals surface area contributed by atoms with Gasteiger partial charge in [-0.3, -0.25) is 9.97 Å². The number of pyridine rings is 2. The van der Waals surface area contributed by atoms with Crippen molar-refractivity contribution in [3.05, 3.63) is 53.6 Å². The van der Waals surface area contributed by atoms with Gasteiger partial charge in [0.05, 0.1) is 19.3 Å². The van der Waals surface area contributed by atoms with Crippen LogP contribution in [0.25, 0.3) is 0 Å². The van der Waals surface area contributed by atoms with E-state index in [9.17, 15) is 0 Å². The minimum atomic E-state index is 0.0833. The molecule has 2 rings (SSSR count). The second-order valence-electron chi connectivity index (χ2n) is 4.44. The summed E-state index contributed by atoms with van der Waals surface area (Å²) in [5.41, 5.74) is 3.36. The first-order chi connectivity index (χ1) is 9.24. The molecule has 0 aliphatic carbocycles. The average Bonchev–Trinajstić information content (AvgIpc) is 2.45. The summed E-state index contributed by atoms with van der Waals surface area (Å²) in [7, 11) is 1.65. The molecule has 100 valence electrons. The maximum Gasteiger partial charge on any atom is 0.137 e. The molecule has 0 aliphatic heterocycles. The van der Waals surface area contributed by atoms with Gasteiger partial charge in [0.15, 0.2) is 0 Å². The second-order valence-corrected chi connectivity index (χ2v) is 4.44. The molecule has 1 atom stereocenters. The number of hydrogen-bond donors (Lipinski definition) is 1. The fourth-order valence-corrected chi connectivity index (χ4v) is 2.07. The molecule has 2 heterocycles. The van der Waals surface area contributed by atoms with Gasteiger partial charge in [-0.2, -0.15) is 0 Å². The van der Waals surface area contributed by atoms with Gasteiger partial charge in [0.1, 0.15) is 5.75 Å². The molecule has 0 fully saturated rings. The van der Waals surface area contributed by atoms with Crippen LogP contribution in [0.3, 0.4) is 0 Å². The van der Waals surface area contributed by atoms with Crippen molar-refractivity contribution >= 4 is 0 Å². The van der Waals surface area contributed by atoms with E-state index in [2.05, 4.69) is 28.3 Å². The van der Waals surface area contributed by atoms with E-state index < -0.39 is 0 Å². The maximum atomic E-state index is 5.24. The Morgan fingerprint density at radius 3 is 2.42 bits per heavy atom. The Morgan fingerprint density at radius 1 is 1.11 bits per heavy atom. The number of nitrogens with one attached hydrogen (secondary N) is 1. The minimum absolute atomic E-state index is 0.0833. The minimum Gasteiger partial charge on any atom is -0.495 e. The molecule has 4 heteroatoms. The fraction of sp³-hybridized carbons (Fsp3) is 0.333. The predicted octanol–water partition coefficient (Wildman–Crippen LogP) is 2.49. The van der Waals surface area contributed by atoms with Crippen LogP contribution in [-0.2, 0) is 0 Å². The van der Waals surface area contributed by atoms with E-state index in [1.807, 2.05) is 31.6 Å². The number of ether oxygens (including phenoxy) is 1. The van der Waals surface area contributed by atoms with Gasteiger partial charge in [0.2, 0.25) is 0 Å². The molecule has 0 radical (unpaired) electrons. The van der Waals surface area contributed by atoms with Crippen molar-refractivity contribution in [2.24, 2.45) is 0 Å². The summed E-state index contributed by atoms with van der Waals surface area (Å²) in [6.45, 7) is 5.00. The van der Waals surface area contributed by atoms with E-state index in [-0.39, 0.29) is 6.04 Å². The molecule has 0 aromatic carbocycles. The summed E-state index contributed by atoms with van der Waals surface area (Å²) < 4.78 is 5.24. The average molecular weight is 257 g/mol. The van der Waals surface area contributed by atoms with Crippen LogP contribution < -0.4 is 10.1 Å². The van der Waals surface area contributed by atoms with E-state index in [4.69, 9.17) is 4.74 Å². The van der Waals surface area contributed by atoms with Crippen LogP contribution in [0.5, 0.6) is 5.75 Å². The lowest BCUT2D eigenvalue weighted by atomic mass is 10.0. The molecule has 0 amide bonds. The van der Waals surface area contributed by atoms with Crippen molar-refractivity contribution in [3.8, 4) is 5.75 Å². The van der Waals surface area contributed by atoms with E-state index in [0.29, 0.717) is 0 Å². The van der Waals surface area contributed by atoms with Crippen LogP contribution in [0.1, 0.15) is 29.7 Å². The Hall–Kier alpha value is -1.94. The van der Waals surface area contributed by atoms with Crippen LogP contribution >= 0.6 is 0 Å². The van der Waals surface area contributed by atoms with Crippen LogP contribution in [-0.4, -0.2) is 23.6 Å². The fourth-order valence-electron chi connectivity index (χ4n) is 2.07. The van der Waals surface area contributed by atoms with Crippen molar-refractivity contribution in [1.82, 2.24) is 15.3 Å². The summed E-state index contributed by atoms with van der Waals surface area (Å²) >= 11 is 0. The molecule has 1 unspecified atom stereocenters. The highest BCUT2D eigenvalue weighted by Crippen LogP contribution is 2.24. The summed E-state index contributed by atoms with van der Waals surface area (Å²) in [6.07, 6.45) is 7.31. The zero-order valence-corrected chi connectivity index (χ0v) is 11.6. The molecule has 19 heavy (non-hydrogen) atoms. The Bertz CT molecular complexity index is 542. The van der Waals surface area contributed by atoms with Crippen LogP contribution in [0, 0.1) is 6.92 Å². The lowest BCUT2D eigenvalue weighted by molar-refractivity contribution is 0.411. The zero-order chi connectivity index (χ0) is 13.7. The van der Waals surface area contributed by atoms with Crippen LogP contribution in [0.15, 0.2) is 36.9 Å². The van der Waals surface area contributed by atoms with Gasteiger partial charge in [-0.25, -0.2) is 0 Å². The van der Waals surface area contributed by atoms with E-state index in [0.717, 1.165) is 29.0 Å². The van der Waals surface area contributed by atoms with Gasteiger partial charge in [-0.15, -0.1) is 0 Å². The van der Waals surface area contributed by atoms with E-state index in [1.54, 1.807) is 13.3 Å². The molecule has 0 aliphatic rings. The Kier molecular flexibility index (Phi) is 4.47. The molecular formula is C15H19N3O. The smallest absolute Gasteiger partial charge is 0.137 e. The van der Waals surface area contributed by atoms with Crippen LogP contribution in [0.4, 0.5) is 0 Å². The molecule has 2 aromatic heterocycles. The molecule has 0 spiro atoms. The quantitative estimate of drug-likeness (QED) is 0.894. The summed E-state index contributed by atoms with van der Waals surface area (Å²) in [5, 5.41) is 3.46. The number of methoxy groups -OCH3 is 1. The van der Waals surface area contributed by atoms with Gasteiger partial charge in [-0.05, 0) is 36.2 Å². The SMILES string of the molecule is CCNC(c1cncc(C)c1)c1cncc(OC)c1. The molecule has 2 aromatic rings. The zero-order valence-electron chi connectivity index (χ0n) is 11.6. The number of rotatable bonds is 5. The third-order valence-electron chi connectivity index (χ3n) is 2.94. The largest absolute Gasteiger partial charge is 0.495 e. The topological polar surface area (TPSA) is 47.0 Å². The number of aryl methyl sites for hydroxylation is 1. The monoisotopic (exact) mass is 257 g/mol. The Labute approximate surface area is 113 Å². The van der Waals surface area contributed by atoms with Crippen molar-refractivity contribution in [3.63, 3.8) is 0 Å². The molecule has 0 saturated heterocycles. The normalized spacial score (nSPS) is 12.2. The van der Waals surface area contributed by atoms with Gasteiger partial charge in [0.25, 0.3) is 0 Å². The third kappa shape index (κ3) is 3.29. The molecule has 0 bridgehead atoms. The van der Waals surface area contributed by atoms with E-state index >= 15 is 0 Å². The van der Waals surface area contributed by atoms with Crippen molar-refractivity contribution < 1.29 is 4.74 Å². The number of nitrogens with zero attached hydrogens (tertiary/aromatic N) is 2. The Morgan fingerprint density at radius 2 is 1.79 bits per heavy atom. The highest BCUT2D eigenvalue weighted by molar-refractivity contribution is 5.34. The molecule has 1 N–H and O–H groups in total. The summed E-state index contributed by atoms with van der Waals surface area (Å²) in [4.78, 5) is 8.48. The predicted molar refractivity (Wildman–Crippen MR) is 75.3 cm³/mol. The van der Waals surface area contributed by atoms with Crippen LogP contribution in [0.2, 0.25) is 0 Å². The highest BCUT2D eigenvalue weighted by atomic mass is 16.5. The lowest BCUT2D eigenvalue weighted by Gasteiger charge is -2.19. The third-order valence-corrected chi connectivity index (χ3v) is 2.94. The highest BCUT2D eigenvalue weighted by Gasteiger charge is 2.14. The van der Waals surface area contributed by atoms with Crippen molar-refractivity contribution in [2.45, 2.75) is 19.9 Å². The summed E-state index contributed by atoms with van der Waals surface area (Å²) in [6, 6.07) is 4.22. The first-order valence-corrected chi connectivity index (χ1v) is 6.38. The lowest BCUT2D eigenvalue weighted by Crippen LogP contribution is -2.22. The van der Waals surface area contributed by atoms with Crippen molar-refractivity contribution in [1.29, 1.82) is 0 Å². The first-order valence-electron chi connectivity index (χ1n) is 6.38. The summed E-state index contributed by atoms with van der Waals surface area (Å²) in [5.74, 6) is 0.765. The van der Waals surface area contributed by atoms with Gasteiger partial charge in [-0.1, -0.05) is 13.0 Å². The molecule has 0 saturated carbocycles. The Balaban J connectivity index is 2.38. The number of aromatic nitrogens is 2. The van der Waals surface area contributed by atoms with Gasteiger partial charge >= 0.3 is 0 Å². The molecule has 4 nitrogen and oxygen atoms in total. The standard InChI is InChI=1S/C15H19N3O/c1-4-18-15(12-5-11(2)7-16-8-12)13-6-14(19-3)10-17-9-13/h5-10,15,18H,4H2,1-3H3. The maximum absolute atomic E-state index is 5.24. The van der Waals surface area contributed by atoms with Gasteiger partial charge in [0, 0.05) is 18.6 Å². The molecular weight excluding hydrogens is 238 g/mol. The van der Waals surface area contributed by atoms with Crippen molar-refractivity contribution in [2.75, 3.05) is 13.7 Å². The van der Waals surface area contributed by atoms with E-state index in [1.165, 1.54) is 0 Å².